The summed E-state index contributed by atoms with van der Waals surface area (Å²) < 4.78 is 0. The first-order valence-electron chi connectivity index (χ1n) is 4.02. The summed E-state index contributed by atoms with van der Waals surface area (Å²) in [7, 11) is 0. The first-order chi connectivity index (χ1) is 7.51. The zero-order chi connectivity index (χ0) is 12.3. The van der Waals surface area contributed by atoms with Crippen LogP contribution in [0.25, 0.3) is 0 Å². The van der Waals surface area contributed by atoms with Crippen molar-refractivity contribution in [1.29, 1.82) is 5.26 Å². The molecule has 0 amide bonds. The van der Waals surface area contributed by atoms with E-state index in [4.69, 9.17) is 16.9 Å². The Labute approximate surface area is 94.8 Å². The van der Waals surface area contributed by atoms with E-state index >= 15 is 0 Å². The highest BCUT2D eigenvalue weighted by Crippen LogP contribution is 2.30. The van der Waals surface area contributed by atoms with Gasteiger partial charge in [-0.3, -0.25) is 14.9 Å². The second kappa shape index (κ2) is 4.59. The zero-order valence-electron chi connectivity index (χ0n) is 7.81. The molecule has 6 nitrogen and oxygen atoms in total. The molecular formula is C9H5ClN2O4. The highest BCUT2D eigenvalue weighted by atomic mass is 35.5. The number of ketones is 1. The summed E-state index contributed by atoms with van der Waals surface area (Å²) in [4.78, 5) is 20.9. The van der Waals surface area contributed by atoms with Crippen molar-refractivity contribution >= 4 is 23.1 Å². The molecule has 1 rings (SSSR count). The van der Waals surface area contributed by atoms with Crippen LogP contribution in [-0.4, -0.2) is 21.7 Å². The fourth-order valence-electron chi connectivity index (χ4n) is 1.08. The van der Waals surface area contributed by atoms with Crippen molar-refractivity contribution < 1.29 is 14.8 Å². The van der Waals surface area contributed by atoms with Crippen LogP contribution in [0.15, 0.2) is 12.1 Å². The lowest BCUT2D eigenvalue weighted by Gasteiger charge is -2.01. The number of aromatic hydroxyl groups is 1. The number of Topliss-reactive ketones (excluding diaryl/α,β-unsaturated/α-hetero) is 1. The van der Waals surface area contributed by atoms with Gasteiger partial charge in [-0.05, 0) is 6.07 Å². The van der Waals surface area contributed by atoms with Crippen LogP contribution >= 0.6 is 11.6 Å². The molecule has 0 unspecified atom stereocenters. The van der Waals surface area contributed by atoms with E-state index in [2.05, 4.69) is 0 Å². The molecule has 0 fully saturated rings. The summed E-state index contributed by atoms with van der Waals surface area (Å²) in [5, 5.41) is 28.5. The molecule has 0 aromatic heterocycles. The molecule has 0 aliphatic rings. The highest BCUT2D eigenvalue weighted by Gasteiger charge is 2.21. The third-order valence-electron chi connectivity index (χ3n) is 1.85. The minimum atomic E-state index is -0.874. The number of benzene rings is 1. The molecule has 0 aliphatic heterocycles. The Morgan fingerprint density at radius 1 is 1.62 bits per heavy atom. The van der Waals surface area contributed by atoms with Crippen molar-refractivity contribution in [3.63, 3.8) is 0 Å². The van der Waals surface area contributed by atoms with Gasteiger partial charge in [0.2, 0.25) is 5.75 Å². The maximum atomic E-state index is 11.2. The van der Waals surface area contributed by atoms with E-state index in [-0.39, 0.29) is 17.0 Å². The number of carbonyl (C=O) groups excluding carboxylic acids is 1. The van der Waals surface area contributed by atoms with E-state index in [1.165, 1.54) is 0 Å². The summed E-state index contributed by atoms with van der Waals surface area (Å²) in [6, 6.07) is 3.51. The van der Waals surface area contributed by atoms with Gasteiger partial charge in [-0.25, -0.2) is 0 Å². The Hall–Kier alpha value is -2.13. The Morgan fingerprint density at radius 3 is 2.69 bits per heavy atom. The van der Waals surface area contributed by atoms with Crippen LogP contribution in [0.5, 0.6) is 5.75 Å². The van der Waals surface area contributed by atoms with Crippen LogP contribution in [0, 0.1) is 21.4 Å². The van der Waals surface area contributed by atoms with E-state index in [1.807, 2.05) is 0 Å². The van der Waals surface area contributed by atoms with Crippen LogP contribution < -0.4 is 0 Å². The van der Waals surface area contributed by atoms with Gasteiger partial charge in [0.05, 0.1) is 10.8 Å². The molecule has 16 heavy (non-hydrogen) atoms. The molecule has 7 heteroatoms. The van der Waals surface area contributed by atoms with Crippen LogP contribution in [0.3, 0.4) is 0 Å². The first-order valence-corrected chi connectivity index (χ1v) is 4.55. The number of nitriles is 1. The predicted octanol–water partition coefficient (Wildman–Crippen LogP) is 1.59. The standard InChI is InChI=1S/C9H5ClN2O4/c10-3-8(13)5-1-6(4-11)9(14)7(2-5)12(15)16/h1-2,14H,3H2. The summed E-state index contributed by atoms with van der Waals surface area (Å²) in [6.45, 7) is 0. The maximum absolute atomic E-state index is 11.2. The Balaban J connectivity index is 3.47. The van der Waals surface area contributed by atoms with Gasteiger partial charge in [-0.15, -0.1) is 11.6 Å². The molecule has 0 spiro atoms. The minimum Gasteiger partial charge on any atom is -0.501 e. The van der Waals surface area contributed by atoms with Crippen molar-refractivity contribution in [2.24, 2.45) is 0 Å². The lowest BCUT2D eigenvalue weighted by atomic mass is 10.1. The number of rotatable bonds is 3. The maximum Gasteiger partial charge on any atom is 0.312 e. The van der Waals surface area contributed by atoms with Gasteiger partial charge in [-0.1, -0.05) is 0 Å². The number of nitro benzene ring substituents is 1. The quantitative estimate of drug-likeness (QED) is 0.374. The third-order valence-corrected chi connectivity index (χ3v) is 2.09. The highest BCUT2D eigenvalue weighted by molar-refractivity contribution is 6.30. The summed E-state index contributed by atoms with van der Waals surface area (Å²) in [6.07, 6.45) is 0. The predicted molar refractivity (Wildman–Crippen MR) is 54.5 cm³/mol. The molecule has 1 aromatic carbocycles. The zero-order valence-corrected chi connectivity index (χ0v) is 8.56. The molecule has 82 valence electrons. The normalized spacial score (nSPS) is 9.50. The third kappa shape index (κ3) is 2.10. The molecule has 1 aromatic rings. The summed E-state index contributed by atoms with van der Waals surface area (Å²) in [5.74, 6) is -1.66. The smallest absolute Gasteiger partial charge is 0.312 e. The van der Waals surface area contributed by atoms with Crippen LogP contribution in [-0.2, 0) is 0 Å². The minimum absolute atomic E-state index is 0.0731. The van der Waals surface area contributed by atoms with Crippen molar-refractivity contribution in [3.8, 4) is 11.8 Å². The summed E-state index contributed by atoms with van der Waals surface area (Å²) in [5.41, 5.74) is -1.09. The number of nitro groups is 1. The Kier molecular flexibility index (Phi) is 3.43. The lowest BCUT2D eigenvalue weighted by molar-refractivity contribution is -0.385. The average Bonchev–Trinajstić information content (AvgIpc) is 2.27. The van der Waals surface area contributed by atoms with Crippen molar-refractivity contribution in [2.45, 2.75) is 0 Å². The van der Waals surface area contributed by atoms with Gasteiger partial charge in [-0.2, -0.15) is 5.26 Å². The van der Waals surface area contributed by atoms with E-state index in [0.717, 1.165) is 12.1 Å². The van der Waals surface area contributed by atoms with Gasteiger partial charge in [0.1, 0.15) is 11.6 Å². The number of halogens is 1. The van der Waals surface area contributed by atoms with Crippen LogP contribution in [0.2, 0.25) is 0 Å². The molecule has 0 radical (unpaired) electrons. The molecule has 0 bridgehead atoms. The van der Waals surface area contributed by atoms with E-state index in [9.17, 15) is 20.0 Å². The van der Waals surface area contributed by atoms with E-state index in [0.29, 0.717) is 0 Å². The first kappa shape index (κ1) is 11.9. The Morgan fingerprint density at radius 2 is 2.25 bits per heavy atom. The number of hydrogen-bond donors (Lipinski definition) is 1. The number of phenolic OH excluding ortho intramolecular Hbond substituents is 1. The second-order valence-corrected chi connectivity index (χ2v) is 3.08. The van der Waals surface area contributed by atoms with Gasteiger partial charge in [0, 0.05) is 11.6 Å². The topological polar surface area (TPSA) is 104 Å². The number of nitrogens with zero attached hydrogens (tertiary/aromatic N) is 2. The number of phenols is 1. The molecular weight excluding hydrogens is 236 g/mol. The molecule has 0 atom stereocenters. The fraction of sp³-hybridized carbons (Fsp3) is 0.111. The molecule has 0 heterocycles. The van der Waals surface area contributed by atoms with Crippen LogP contribution in [0.4, 0.5) is 5.69 Å². The van der Waals surface area contributed by atoms with E-state index in [1.54, 1.807) is 6.07 Å². The lowest BCUT2D eigenvalue weighted by Crippen LogP contribution is -2.02. The summed E-state index contributed by atoms with van der Waals surface area (Å²) >= 11 is 5.29. The molecule has 0 aliphatic carbocycles. The number of hydrogen-bond acceptors (Lipinski definition) is 5. The van der Waals surface area contributed by atoms with Gasteiger partial charge in [0.25, 0.3) is 0 Å². The molecule has 1 N–H and O–H groups in total. The van der Waals surface area contributed by atoms with Crippen molar-refractivity contribution in [1.82, 2.24) is 0 Å². The van der Waals surface area contributed by atoms with Crippen molar-refractivity contribution in [2.75, 3.05) is 5.88 Å². The monoisotopic (exact) mass is 240 g/mol. The van der Waals surface area contributed by atoms with Gasteiger partial charge < -0.3 is 5.11 Å². The Bertz CT molecular complexity index is 507. The van der Waals surface area contributed by atoms with Crippen molar-refractivity contribution in [3.05, 3.63) is 33.4 Å². The number of alkyl halides is 1. The molecule has 0 saturated carbocycles. The largest absolute Gasteiger partial charge is 0.501 e. The fourth-order valence-corrected chi connectivity index (χ4v) is 1.24. The van der Waals surface area contributed by atoms with Gasteiger partial charge >= 0.3 is 5.69 Å². The number of carbonyl (C=O) groups is 1. The molecule has 0 saturated heterocycles. The average molecular weight is 241 g/mol. The van der Waals surface area contributed by atoms with Gasteiger partial charge in [0.15, 0.2) is 5.78 Å². The SMILES string of the molecule is N#Cc1cc(C(=O)CCl)cc([N+](=O)[O-])c1O. The van der Waals surface area contributed by atoms with Crippen LogP contribution in [0.1, 0.15) is 15.9 Å². The second-order valence-electron chi connectivity index (χ2n) is 2.82. The van der Waals surface area contributed by atoms with E-state index < -0.39 is 22.1 Å².